The molecule has 0 spiro atoms. The lowest BCUT2D eigenvalue weighted by molar-refractivity contribution is 0.0633. The lowest BCUT2D eigenvalue weighted by atomic mass is 10.0. The molecule has 1 atom stereocenters. The number of nitrogens with zero attached hydrogens (tertiary/aromatic N) is 1. The minimum Gasteiger partial charge on any atom is -0.467 e. The molecule has 22 heavy (non-hydrogen) atoms. The third kappa shape index (κ3) is 3.02. The maximum Gasteiger partial charge on any atom is 0.257 e. The molecule has 2 aromatic rings. The first-order valence-corrected chi connectivity index (χ1v) is 7.61. The van der Waals surface area contributed by atoms with E-state index in [0.29, 0.717) is 29.4 Å². The molecule has 1 fully saturated rings. The van der Waals surface area contributed by atoms with Crippen LogP contribution in [0.1, 0.15) is 27.7 Å². The number of halogens is 1. The van der Waals surface area contributed by atoms with Gasteiger partial charge in [0.1, 0.15) is 12.0 Å². The Hall–Kier alpha value is -1.82. The van der Waals surface area contributed by atoms with Crippen molar-refractivity contribution in [1.82, 2.24) is 10.2 Å². The van der Waals surface area contributed by atoms with E-state index in [9.17, 15) is 4.79 Å². The Morgan fingerprint density at radius 1 is 1.45 bits per heavy atom. The Kier molecular flexibility index (Phi) is 4.47. The Bertz CT molecular complexity index is 671. The van der Waals surface area contributed by atoms with Crippen LogP contribution >= 0.6 is 11.6 Å². The molecule has 1 unspecified atom stereocenters. The van der Waals surface area contributed by atoms with Gasteiger partial charge in [0.25, 0.3) is 5.91 Å². The van der Waals surface area contributed by atoms with Crippen molar-refractivity contribution in [2.45, 2.75) is 12.6 Å². The van der Waals surface area contributed by atoms with E-state index < -0.39 is 0 Å². The van der Waals surface area contributed by atoms with Crippen LogP contribution < -0.4 is 11.1 Å². The van der Waals surface area contributed by atoms with Gasteiger partial charge in [0.15, 0.2) is 0 Å². The van der Waals surface area contributed by atoms with E-state index in [1.54, 1.807) is 6.07 Å². The normalized spacial score (nSPS) is 18.5. The molecule has 1 aromatic heterocycles. The van der Waals surface area contributed by atoms with Crippen LogP contribution in [0.3, 0.4) is 0 Å². The molecule has 0 aliphatic carbocycles. The van der Waals surface area contributed by atoms with Crippen molar-refractivity contribution >= 4 is 17.5 Å². The molecule has 2 heterocycles. The van der Waals surface area contributed by atoms with Gasteiger partial charge in [0.05, 0.1) is 18.2 Å². The highest BCUT2D eigenvalue weighted by Gasteiger charge is 2.29. The first-order chi connectivity index (χ1) is 10.7. The summed E-state index contributed by atoms with van der Waals surface area (Å²) in [6, 6.07) is 9.29. The van der Waals surface area contributed by atoms with E-state index >= 15 is 0 Å². The second-order valence-electron chi connectivity index (χ2n) is 5.28. The average molecular weight is 320 g/mol. The SMILES string of the molecule is NCc1cc(C(=O)N2CCNCC2c2cccc(Cl)c2)co1. The predicted molar refractivity (Wildman–Crippen MR) is 84.7 cm³/mol. The van der Waals surface area contributed by atoms with E-state index in [1.165, 1.54) is 6.26 Å². The van der Waals surface area contributed by atoms with Gasteiger partial charge in [-0.25, -0.2) is 0 Å². The zero-order valence-corrected chi connectivity index (χ0v) is 12.8. The van der Waals surface area contributed by atoms with Gasteiger partial charge in [-0.1, -0.05) is 23.7 Å². The predicted octanol–water partition coefficient (Wildman–Crippen LogP) is 2.18. The minimum atomic E-state index is -0.0464. The van der Waals surface area contributed by atoms with Crippen molar-refractivity contribution in [3.05, 3.63) is 58.5 Å². The Balaban J connectivity index is 1.87. The fourth-order valence-electron chi connectivity index (χ4n) is 2.72. The number of furan rings is 1. The van der Waals surface area contributed by atoms with Gasteiger partial charge in [-0.3, -0.25) is 4.79 Å². The number of rotatable bonds is 3. The fraction of sp³-hybridized carbons (Fsp3) is 0.312. The van der Waals surface area contributed by atoms with Crippen LogP contribution in [0.15, 0.2) is 41.0 Å². The summed E-state index contributed by atoms with van der Waals surface area (Å²) in [5, 5.41) is 4.00. The van der Waals surface area contributed by atoms with Crippen LogP contribution in [-0.4, -0.2) is 30.4 Å². The van der Waals surface area contributed by atoms with Crippen molar-refractivity contribution in [3.63, 3.8) is 0 Å². The number of piperazine rings is 1. The molecule has 3 rings (SSSR count). The highest BCUT2D eigenvalue weighted by molar-refractivity contribution is 6.30. The molecule has 1 amide bonds. The molecule has 5 nitrogen and oxygen atoms in total. The number of carbonyl (C=O) groups is 1. The van der Waals surface area contributed by atoms with Crippen LogP contribution in [0.5, 0.6) is 0 Å². The van der Waals surface area contributed by atoms with E-state index in [-0.39, 0.29) is 18.5 Å². The average Bonchev–Trinajstić information content (AvgIpc) is 3.03. The van der Waals surface area contributed by atoms with Crippen LogP contribution in [-0.2, 0) is 6.54 Å². The lowest BCUT2D eigenvalue weighted by Gasteiger charge is -2.36. The number of nitrogens with two attached hydrogens (primary N) is 1. The lowest BCUT2D eigenvalue weighted by Crippen LogP contribution is -2.48. The van der Waals surface area contributed by atoms with Gasteiger partial charge in [0.2, 0.25) is 0 Å². The number of benzene rings is 1. The molecule has 0 bridgehead atoms. The maximum absolute atomic E-state index is 12.8. The standard InChI is InChI=1S/C16H18ClN3O2/c17-13-3-1-2-11(6-13)15-9-19-4-5-20(15)16(21)12-7-14(8-18)22-10-12/h1-3,6-7,10,15,19H,4-5,8-9,18H2. The quantitative estimate of drug-likeness (QED) is 0.909. The van der Waals surface area contributed by atoms with E-state index in [4.69, 9.17) is 21.8 Å². The molecule has 1 aliphatic rings. The molecule has 1 aliphatic heterocycles. The van der Waals surface area contributed by atoms with Gasteiger partial charge in [-0.2, -0.15) is 0 Å². The first-order valence-electron chi connectivity index (χ1n) is 7.23. The molecule has 1 aromatic carbocycles. The first kappa shape index (κ1) is 15.1. The smallest absolute Gasteiger partial charge is 0.257 e. The van der Waals surface area contributed by atoms with Crippen LogP contribution in [0.4, 0.5) is 0 Å². The van der Waals surface area contributed by atoms with Gasteiger partial charge in [-0.15, -0.1) is 0 Å². The molecule has 0 saturated carbocycles. The monoisotopic (exact) mass is 319 g/mol. The molecule has 116 valence electrons. The molecular weight excluding hydrogens is 302 g/mol. The number of amides is 1. The molecule has 6 heteroatoms. The summed E-state index contributed by atoms with van der Waals surface area (Å²) < 4.78 is 5.28. The van der Waals surface area contributed by atoms with Crippen LogP contribution in [0.25, 0.3) is 0 Å². The number of carbonyl (C=O) groups excluding carboxylic acids is 1. The van der Waals surface area contributed by atoms with Crippen LogP contribution in [0, 0.1) is 0 Å². The zero-order valence-electron chi connectivity index (χ0n) is 12.1. The summed E-state index contributed by atoms with van der Waals surface area (Å²) in [6.45, 7) is 2.39. The van der Waals surface area contributed by atoms with Crippen LogP contribution in [0.2, 0.25) is 5.02 Å². The summed E-state index contributed by atoms with van der Waals surface area (Å²) in [7, 11) is 0. The van der Waals surface area contributed by atoms with E-state index in [0.717, 1.165) is 12.1 Å². The third-order valence-corrected chi connectivity index (χ3v) is 4.07. The van der Waals surface area contributed by atoms with Crippen molar-refractivity contribution < 1.29 is 9.21 Å². The summed E-state index contributed by atoms with van der Waals surface area (Å²) in [4.78, 5) is 14.6. The third-order valence-electron chi connectivity index (χ3n) is 3.84. The van der Waals surface area contributed by atoms with E-state index in [2.05, 4.69) is 5.32 Å². The van der Waals surface area contributed by atoms with Gasteiger partial charge in [0, 0.05) is 24.7 Å². The Labute approximate surface area is 134 Å². The minimum absolute atomic E-state index is 0.0452. The molecule has 0 radical (unpaired) electrons. The Morgan fingerprint density at radius 3 is 3.05 bits per heavy atom. The van der Waals surface area contributed by atoms with Crippen molar-refractivity contribution in [3.8, 4) is 0 Å². The largest absolute Gasteiger partial charge is 0.467 e. The molecule has 3 N–H and O–H groups in total. The number of hydrogen-bond acceptors (Lipinski definition) is 4. The summed E-state index contributed by atoms with van der Waals surface area (Å²) >= 11 is 6.08. The van der Waals surface area contributed by atoms with Gasteiger partial charge >= 0.3 is 0 Å². The van der Waals surface area contributed by atoms with Crippen molar-refractivity contribution in [2.24, 2.45) is 5.73 Å². The number of nitrogens with one attached hydrogen (secondary N) is 1. The summed E-state index contributed by atoms with van der Waals surface area (Å²) in [6.07, 6.45) is 1.47. The zero-order chi connectivity index (χ0) is 15.5. The van der Waals surface area contributed by atoms with Gasteiger partial charge < -0.3 is 20.4 Å². The van der Waals surface area contributed by atoms with E-state index in [1.807, 2.05) is 29.2 Å². The van der Waals surface area contributed by atoms with Gasteiger partial charge in [-0.05, 0) is 23.8 Å². The molecule has 1 saturated heterocycles. The second-order valence-corrected chi connectivity index (χ2v) is 5.72. The molecular formula is C16H18ClN3O2. The van der Waals surface area contributed by atoms with Crippen molar-refractivity contribution in [2.75, 3.05) is 19.6 Å². The highest BCUT2D eigenvalue weighted by atomic mass is 35.5. The second kappa shape index (κ2) is 6.52. The summed E-state index contributed by atoms with van der Waals surface area (Å²) in [5.41, 5.74) is 7.09. The number of hydrogen-bond donors (Lipinski definition) is 2. The topological polar surface area (TPSA) is 71.5 Å². The van der Waals surface area contributed by atoms with Crippen molar-refractivity contribution in [1.29, 1.82) is 0 Å². The Morgan fingerprint density at radius 2 is 2.32 bits per heavy atom. The maximum atomic E-state index is 12.8. The fourth-order valence-corrected chi connectivity index (χ4v) is 2.92. The highest BCUT2D eigenvalue weighted by Crippen LogP contribution is 2.26. The summed E-state index contributed by atoms with van der Waals surface area (Å²) in [5.74, 6) is 0.563.